The molecule has 3 heterocycles. The normalized spacial score (nSPS) is 21.1. The number of anilines is 1. The van der Waals surface area contributed by atoms with Crippen LogP contribution in [0.3, 0.4) is 0 Å². The van der Waals surface area contributed by atoms with Crippen molar-refractivity contribution in [1.29, 1.82) is 0 Å². The topological polar surface area (TPSA) is 126 Å². The summed E-state index contributed by atoms with van der Waals surface area (Å²) in [6.45, 7) is 1.26. The second kappa shape index (κ2) is 8.99. The van der Waals surface area contributed by atoms with Crippen LogP contribution in [0.4, 0.5) is 23.2 Å². The van der Waals surface area contributed by atoms with E-state index in [1.165, 1.54) is 12.3 Å². The Kier molecular flexibility index (Phi) is 6.34. The maximum atomic E-state index is 15.3. The third-order valence-electron chi connectivity index (χ3n) is 6.51. The number of fused-ring (bicyclic) bond motifs is 5. The molecule has 3 aliphatic rings. The van der Waals surface area contributed by atoms with Gasteiger partial charge in [0.25, 0.3) is 0 Å². The van der Waals surface area contributed by atoms with Crippen LogP contribution in [-0.2, 0) is 4.79 Å². The van der Waals surface area contributed by atoms with Crippen molar-refractivity contribution in [3.63, 3.8) is 0 Å². The van der Waals surface area contributed by atoms with E-state index in [2.05, 4.69) is 4.90 Å². The number of alkyl halides is 3. The number of hydrogen-bond donors (Lipinski definition) is 3. The number of hydrogen-bond acceptors (Lipinski definition) is 5. The van der Waals surface area contributed by atoms with Gasteiger partial charge in [-0.25, -0.2) is 14.0 Å². The molecule has 1 aromatic heterocycles. The molecule has 1 saturated heterocycles. The summed E-state index contributed by atoms with van der Waals surface area (Å²) < 4.78 is 48.9. The highest BCUT2D eigenvalue weighted by molar-refractivity contribution is 5.98. The monoisotopic (exact) mass is 497 g/mol. The summed E-state index contributed by atoms with van der Waals surface area (Å²) in [6.07, 6.45) is 3.86. The Hall–Kier alpha value is -3.41. The summed E-state index contributed by atoms with van der Waals surface area (Å²) >= 11 is 0. The Morgan fingerprint density at radius 3 is 2.37 bits per heavy atom. The molecule has 5 rings (SSSR count). The predicted octanol–water partition coefficient (Wildman–Crippen LogP) is 3.38. The van der Waals surface area contributed by atoms with Crippen LogP contribution in [0.5, 0.6) is 0 Å². The molecule has 2 aliphatic heterocycles. The fraction of sp³-hybridized carbons (Fsp3) is 0.435. The van der Waals surface area contributed by atoms with Crippen molar-refractivity contribution in [2.45, 2.75) is 43.9 Å². The van der Waals surface area contributed by atoms with Crippen molar-refractivity contribution in [3.8, 4) is 0 Å². The lowest BCUT2D eigenvalue weighted by Gasteiger charge is -2.28. The molecule has 1 aliphatic carbocycles. The van der Waals surface area contributed by atoms with Crippen LogP contribution < -0.4 is 16.1 Å². The van der Waals surface area contributed by atoms with E-state index in [0.717, 1.165) is 25.7 Å². The lowest BCUT2D eigenvalue weighted by molar-refractivity contribution is -0.192. The van der Waals surface area contributed by atoms with E-state index < -0.39 is 29.4 Å². The zero-order valence-electron chi connectivity index (χ0n) is 18.4. The molecule has 0 bridgehead atoms. The molecule has 35 heavy (non-hydrogen) atoms. The van der Waals surface area contributed by atoms with E-state index in [1.54, 1.807) is 0 Å². The first-order valence-corrected chi connectivity index (χ1v) is 11.0. The quantitative estimate of drug-likeness (QED) is 0.555. The number of benzene rings is 1. The van der Waals surface area contributed by atoms with Gasteiger partial charge in [0.15, 0.2) is 0 Å². The fourth-order valence-corrected chi connectivity index (χ4v) is 4.78. The van der Waals surface area contributed by atoms with Crippen LogP contribution in [0.2, 0.25) is 0 Å². The van der Waals surface area contributed by atoms with E-state index in [1.807, 2.05) is 16.7 Å². The van der Waals surface area contributed by atoms with Gasteiger partial charge in [0.05, 0.1) is 16.6 Å². The Morgan fingerprint density at radius 2 is 1.83 bits per heavy atom. The molecular weight excluding hydrogens is 474 g/mol. The molecule has 4 N–H and O–H groups in total. The van der Waals surface area contributed by atoms with Crippen LogP contribution >= 0.6 is 0 Å². The molecule has 2 aromatic rings. The Morgan fingerprint density at radius 1 is 1.17 bits per heavy atom. The maximum absolute atomic E-state index is 15.3. The van der Waals surface area contributed by atoms with Gasteiger partial charge < -0.3 is 25.4 Å². The molecule has 2 fully saturated rings. The van der Waals surface area contributed by atoms with Crippen molar-refractivity contribution in [1.82, 2.24) is 4.57 Å². The first-order valence-electron chi connectivity index (χ1n) is 11.0. The predicted molar refractivity (Wildman–Crippen MR) is 119 cm³/mol. The molecule has 188 valence electrons. The van der Waals surface area contributed by atoms with Gasteiger partial charge in [-0.3, -0.25) is 4.79 Å². The molecule has 2 atom stereocenters. The van der Waals surface area contributed by atoms with E-state index in [4.69, 9.17) is 15.6 Å². The lowest BCUT2D eigenvalue weighted by Crippen LogP contribution is -2.30. The number of pyridine rings is 1. The zero-order valence-corrected chi connectivity index (χ0v) is 18.4. The second-order valence-electron chi connectivity index (χ2n) is 8.92. The van der Waals surface area contributed by atoms with Crippen LogP contribution in [0.25, 0.3) is 17.0 Å². The number of carboxylic acids is 2. The second-order valence-corrected chi connectivity index (χ2v) is 8.92. The van der Waals surface area contributed by atoms with Gasteiger partial charge >= 0.3 is 18.1 Å². The number of aliphatic carboxylic acids is 1. The third kappa shape index (κ3) is 4.62. The Labute approximate surface area is 196 Å². The summed E-state index contributed by atoms with van der Waals surface area (Å²) in [5, 5.41) is 16.7. The van der Waals surface area contributed by atoms with Crippen molar-refractivity contribution >= 4 is 34.6 Å². The smallest absolute Gasteiger partial charge is 0.477 e. The molecule has 0 unspecified atom stereocenters. The number of nitrogens with two attached hydrogens (primary N) is 1. The van der Waals surface area contributed by atoms with Gasteiger partial charge in [-0.2, -0.15) is 13.2 Å². The minimum Gasteiger partial charge on any atom is -0.477 e. The van der Waals surface area contributed by atoms with Gasteiger partial charge in [-0.05, 0) is 44.2 Å². The number of rotatable bonds is 3. The standard InChI is InChI=1S/C21H22FN3O3.C2HF3O2/c22-17-7-15-18(25(12-4-5-12)10-16(20(15)26)21(27)28)14-3-1-2-13-6-11(8-23)9-24(13)19(14)17;3-2(4,5)1(6)7/h1,3,7,10-13H,2,4-6,8-9,23H2,(H,27,28);(H,6,7)/t11-,13+;/m1./s1. The van der Waals surface area contributed by atoms with Crippen LogP contribution in [0.1, 0.15) is 47.6 Å². The number of aromatic carboxylic acids is 1. The van der Waals surface area contributed by atoms with Gasteiger partial charge in [0.1, 0.15) is 11.4 Å². The largest absolute Gasteiger partial charge is 0.490 e. The number of carbonyl (C=O) groups is 2. The molecule has 0 spiro atoms. The Balaban J connectivity index is 0.000000364. The van der Waals surface area contributed by atoms with Crippen molar-refractivity contribution in [2.24, 2.45) is 11.7 Å². The van der Waals surface area contributed by atoms with Gasteiger partial charge in [-0.1, -0.05) is 12.2 Å². The highest BCUT2D eigenvalue weighted by atomic mass is 19.4. The zero-order chi connectivity index (χ0) is 25.7. The average molecular weight is 497 g/mol. The van der Waals surface area contributed by atoms with Crippen LogP contribution in [0.15, 0.2) is 23.1 Å². The lowest BCUT2D eigenvalue weighted by atomic mass is 10.0. The van der Waals surface area contributed by atoms with Gasteiger partial charge in [0.2, 0.25) is 5.43 Å². The van der Waals surface area contributed by atoms with E-state index in [-0.39, 0.29) is 23.0 Å². The molecule has 0 amide bonds. The van der Waals surface area contributed by atoms with E-state index >= 15 is 4.39 Å². The molecule has 12 heteroatoms. The molecular formula is C23H23F4N3O5. The first kappa shape index (κ1) is 24.7. The summed E-state index contributed by atoms with van der Waals surface area (Å²) in [4.78, 5) is 35.4. The molecule has 1 saturated carbocycles. The number of carboxylic acid groups (broad SMARTS) is 2. The van der Waals surface area contributed by atoms with Gasteiger partial charge in [0, 0.05) is 30.4 Å². The minimum atomic E-state index is -5.08. The number of nitrogens with zero attached hydrogens (tertiary/aromatic N) is 2. The van der Waals surface area contributed by atoms with Gasteiger partial charge in [-0.15, -0.1) is 0 Å². The molecule has 8 nitrogen and oxygen atoms in total. The first-order chi connectivity index (χ1) is 16.4. The van der Waals surface area contributed by atoms with Crippen LogP contribution in [-0.4, -0.2) is 52.0 Å². The number of aromatic nitrogens is 1. The number of halogens is 4. The summed E-state index contributed by atoms with van der Waals surface area (Å²) in [6, 6.07) is 1.57. The van der Waals surface area contributed by atoms with E-state index in [9.17, 15) is 27.9 Å². The minimum absolute atomic E-state index is 0.140. The molecule has 0 radical (unpaired) electrons. The highest BCUT2D eigenvalue weighted by Crippen LogP contribution is 2.43. The van der Waals surface area contributed by atoms with Crippen molar-refractivity contribution in [2.75, 3.05) is 18.0 Å². The SMILES string of the molecule is NC[C@H]1C[C@@H]2CC=Cc3c(c(F)cc4c(=O)c(C(=O)O)cn(C5CC5)c34)N2C1.O=C(O)C(F)(F)F. The maximum Gasteiger partial charge on any atom is 0.490 e. The average Bonchev–Trinajstić information content (AvgIpc) is 3.57. The fourth-order valence-electron chi connectivity index (χ4n) is 4.78. The molecule has 1 aromatic carbocycles. The van der Waals surface area contributed by atoms with Crippen molar-refractivity contribution < 1.29 is 37.4 Å². The summed E-state index contributed by atoms with van der Waals surface area (Å²) in [5.74, 6) is -4.19. The summed E-state index contributed by atoms with van der Waals surface area (Å²) in [5.41, 5.74) is 6.77. The van der Waals surface area contributed by atoms with Crippen LogP contribution in [0, 0.1) is 11.7 Å². The Bertz CT molecular complexity index is 1280. The highest BCUT2D eigenvalue weighted by Gasteiger charge is 2.38. The van der Waals surface area contributed by atoms with E-state index in [0.29, 0.717) is 35.8 Å². The summed E-state index contributed by atoms with van der Waals surface area (Å²) in [7, 11) is 0. The van der Waals surface area contributed by atoms with Crippen molar-refractivity contribution in [3.05, 3.63) is 45.5 Å². The third-order valence-corrected chi connectivity index (χ3v) is 6.51.